The van der Waals surface area contributed by atoms with E-state index in [0.29, 0.717) is 11.5 Å². The molecule has 12 aromatic rings. The molecule has 0 fully saturated rings. The van der Waals surface area contributed by atoms with Crippen LogP contribution in [0.15, 0.2) is 225 Å². The Morgan fingerprint density at radius 2 is 1.01 bits per heavy atom. The molecule has 2 aromatic heterocycles. The Balaban J connectivity index is 0.00000640. The molecule has 3 aliphatic rings. The SMILES string of the molecule is CC(C)(C)c1cc(-c2cccc(-c3ccccc3)c2N2[CH-]N(c3[c-]c(Oc4[c-]c5c(c6c4C4(c7ccccc7-c7ccccc74)c4ccccc4-6)c4ccccc4n5-c4cc(C(C)(C)C)ccn4)ccc3)c3ccccc32)cc(C(C)(C)C)c1.[Pt]. The number of benzene rings is 10. The van der Waals surface area contributed by atoms with Crippen molar-refractivity contribution in [3.05, 3.63) is 282 Å². The molecule has 0 radical (unpaired) electrons. The van der Waals surface area contributed by atoms with Gasteiger partial charge in [0.15, 0.2) is 0 Å². The normalized spacial score (nSPS) is 13.8. The van der Waals surface area contributed by atoms with Crippen LogP contribution in [0.4, 0.5) is 22.7 Å². The van der Waals surface area contributed by atoms with Gasteiger partial charge in [-0.05, 0) is 113 Å². The summed E-state index contributed by atoms with van der Waals surface area (Å²) in [5.41, 5.74) is 23.1. The van der Waals surface area contributed by atoms with Crippen LogP contribution in [-0.2, 0) is 42.7 Å². The van der Waals surface area contributed by atoms with Gasteiger partial charge in [-0.25, -0.2) is 4.98 Å². The molecule has 2 aliphatic carbocycles. The van der Waals surface area contributed by atoms with Crippen LogP contribution < -0.4 is 14.5 Å². The summed E-state index contributed by atoms with van der Waals surface area (Å²) in [7, 11) is 0. The Hall–Kier alpha value is -8.76. The molecular formula is C79H65N4OPt-3. The molecule has 6 heteroatoms. The summed E-state index contributed by atoms with van der Waals surface area (Å²) in [4.78, 5) is 9.79. The molecule has 0 saturated carbocycles. The third-order valence-corrected chi connectivity index (χ3v) is 17.8. The molecule has 0 saturated heterocycles. The Morgan fingerprint density at radius 3 is 1.67 bits per heavy atom. The second-order valence-electron chi connectivity index (χ2n) is 26.0. The number of nitrogens with zero attached hydrogens (tertiary/aromatic N) is 4. The smallest absolute Gasteiger partial charge is 0.135 e. The van der Waals surface area contributed by atoms with Crippen LogP contribution in [0.5, 0.6) is 11.5 Å². The van der Waals surface area contributed by atoms with Crippen LogP contribution in [0.2, 0.25) is 0 Å². The molecule has 420 valence electrons. The fourth-order valence-corrected chi connectivity index (χ4v) is 13.7. The van der Waals surface area contributed by atoms with E-state index in [1.54, 1.807) is 0 Å². The van der Waals surface area contributed by atoms with Gasteiger partial charge in [0, 0.05) is 77.9 Å². The predicted molar refractivity (Wildman–Crippen MR) is 347 cm³/mol. The summed E-state index contributed by atoms with van der Waals surface area (Å²) in [5.74, 6) is 2.06. The van der Waals surface area contributed by atoms with E-state index in [1.807, 2.05) is 12.3 Å². The maximum Gasteiger partial charge on any atom is 0.135 e. The molecule has 15 rings (SSSR count). The second-order valence-corrected chi connectivity index (χ2v) is 26.0. The summed E-state index contributed by atoms with van der Waals surface area (Å²) < 4.78 is 9.97. The van der Waals surface area contributed by atoms with Gasteiger partial charge < -0.3 is 19.1 Å². The number of hydrogen-bond acceptors (Lipinski definition) is 4. The van der Waals surface area contributed by atoms with Crippen LogP contribution in [0.25, 0.3) is 72.1 Å². The van der Waals surface area contributed by atoms with Gasteiger partial charge in [0.05, 0.1) is 0 Å². The number of anilines is 4. The first kappa shape index (κ1) is 54.2. The zero-order valence-corrected chi connectivity index (χ0v) is 51.7. The third-order valence-electron chi connectivity index (χ3n) is 17.8. The van der Waals surface area contributed by atoms with Gasteiger partial charge in [-0.3, -0.25) is 0 Å². The predicted octanol–water partition coefficient (Wildman–Crippen LogP) is 20.5. The summed E-state index contributed by atoms with van der Waals surface area (Å²) in [6, 6.07) is 87.8. The summed E-state index contributed by atoms with van der Waals surface area (Å²) in [5, 5.41) is 2.26. The summed E-state index contributed by atoms with van der Waals surface area (Å²) in [6.45, 7) is 22.9. The number of para-hydroxylation sites is 4. The Morgan fingerprint density at radius 1 is 0.471 bits per heavy atom. The topological polar surface area (TPSA) is 33.5 Å². The van der Waals surface area contributed by atoms with E-state index in [1.165, 1.54) is 55.6 Å². The molecule has 3 heterocycles. The van der Waals surface area contributed by atoms with Crippen LogP contribution in [0, 0.1) is 18.8 Å². The van der Waals surface area contributed by atoms with E-state index < -0.39 is 5.41 Å². The van der Waals surface area contributed by atoms with Crippen molar-refractivity contribution in [1.29, 1.82) is 0 Å². The van der Waals surface area contributed by atoms with E-state index in [4.69, 9.17) is 9.72 Å². The van der Waals surface area contributed by atoms with E-state index in [2.05, 4.69) is 308 Å². The van der Waals surface area contributed by atoms with Crippen molar-refractivity contribution in [2.45, 2.75) is 84.0 Å². The first-order valence-corrected chi connectivity index (χ1v) is 29.4. The molecule has 0 N–H and O–H groups in total. The van der Waals surface area contributed by atoms with Crippen LogP contribution >= 0.6 is 0 Å². The minimum absolute atomic E-state index is 0. The molecule has 0 atom stereocenters. The standard InChI is InChI=1S/C79H65N4O.Pt/c1-76(2,3)52-41-42-80-71(46-52)83-66-38-20-16-32-62(66)72-69(83)48-70(74-73(72)61-31-15-19-37-65(61)79(74)63-35-17-13-29-59(63)60-30-14-18-36-64(60)79)84-56-28-23-27-55(47-56)81-49-82(68-40-22-21-39-67(68)81)75-57(50-25-11-10-12-26-50)33-24-34-58(75)51-43-53(77(4,5)6)45-54(44-51)78(7,8)9;/h10-46,49H,1-9H3;/q-3;. The van der Waals surface area contributed by atoms with Crippen molar-refractivity contribution in [1.82, 2.24) is 9.55 Å². The zero-order valence-electron chi connectivity index (χ0n) is 49.5. The van der Waals surface area contributed by atoms with E-state index in [0.717, 1.165) is 78.2 Å². The van der Waals surface area contributed by atoms with Gasteiger partial charge in [-0.15, -0.1) is 42.2 Å². The second kappa shape index (κ2) is 19.9. The molecule has 1 aliphatic heterocycles. The van der Waals surface area contributed by atoms with Crippen molar-refractivity contribution in [3.8, 4) is 61.8 Å². The average Bonchev–Trinajstić information content (AvgIpc) is 1.51. The number of rotatable bonds is 7. The van der Waals surface area contributed by atoms with E-state index in [9.17, 15) is 0 Å². The van der Waals surface area contributed by atoms with Gasteiger partial charge in [-0.1, -0.05) is 249 Å². The first-order valence-electron chi connectivity index (χ1n) is 29.4. The third kappa shape index (κ3) is 8.47. The summed E-state index contributed by atoms with van der Waals surface area (Å²) >= 11 is 0. The van der Waals surface area contributed by atoms with Crippen LogP contribution in [-0.4, -0.2) is 9.55 Å². The minimum atomic E-state index is -0.726. The average molecular weight is 1280 g/mol. The maximum atomic E-state index is 7.67. The monoisotopic (exact) mass is 1280 g/mol. The molecule has 85 heavy (non-hydrogen) atoms. The molecule has 1 spiro atoms. The number of hydrogen-bond donors (Lipinski definition) is 0. The largest absolute Gasteiger partial charge is 0.509 e. The van der Waals surface area contributed by atoms with Crippen molar-refractivity contribution in [3.63, 3.8) is 0 Å². The minimum Gasteiger partial charge on any atom is -0.509 e. The van der Waals surface area contributed by atoms with E-state index in [-0.39, 0.29) is 37.3 Å². The zero-order chi connectivity index (χ0) is 57.4. The number of fused-ring (bicyclic) bond motifs is 15. The van der Waals surface area contributed by atoms with Gasteiger partial charge in [0.1, 0.15) is 5.82 Å². The molecule has 10 aromatic carbocycles. The molecular weight excluding hydrogens is 1220 g/mol. The Kier molecular flexibility index (Phi) is 12.7. The quantitative estimate of drug-likeness (QED) is 0.149. The Bertz CT molecular complexity index is 4570. The number of ether oxygens (including phenoxy) is 1. The molecule has 0 amide bonds. The number of pyridine rings is 1. The van der Waals surface area contributed by atoms with Crippen molar-refractivity contribution >= 4 is 44.6 Å². The fraction of sp³-hybridized carbons (Fsp3) is 0.165. The van der Waals surface area contributed by atoms with Crippen LogP contribution in [0.3, 0.4) is 0 Å². The van der Waals surface area contributed by atoms with Crippen molar-refractivity contribution < 1.29 is 25.8 Å². The fourth-order valence-electron chi connectivity index (χ4n) is 13.7. The molecule has 5 nitrogen and oxygen atoms in total. The van der Waals surface area contributed by atoms with Crippen molar-refractivity contribution in [2.75, 3.05) is 9.80 Å². The number of aromatic nitrogens is 2. The van der Waals surface area contributed by atoms with Gasteiger partial charge in [0.25, 0.3) is 0 Å². The Labute approximate surface area is 514 Å². The van der Waals surface area contributed by atoms with E-state index >= 15 is 0 Å². The van der Waals surface area contributed by atoms with Gasteiger partial charge in [-0.2, -0.15) is 6.07 Å². The van der Waals surface area contributed by atoms with Crippen LogP contribution in [0.1, 0.15) is 101 Å². The first-order chi connectivity index (χ1) is 40.6. The molecule has 0 bridgehead atoms. The van der Waals surface area contributed by atoms with Crippen molar-refractivity contribution in [2.24, 2.45) is 0 Å². The van der Waals surface area contributed by atoms with Gasteiger partial charge in [0.2, 0.25) is 0 Å². The molecule has 0 unspecified atom stereocenters. The summed E-state index contributed by atoms with van der Waals surface area (Å²) in [6.07, 6.45) is 1.95. The maximum absolute atomic E-state index is 7.67. The van der Waals surface area contributed by atoms with Gasteiger partial charge >= 0.3 is 0 Å².